The highest BCUT2D eigenvalue weighted by molar-refractivity contribution is 5.77. The van der Waals surface area contributed by atoms with Crippen molar-refractivity contribution in [2.75, 3.05) is 20.1 Å². The number of halogens is 3. The van der Waals surface area contributed by atoms with Crippen molar-refractivity contribution in [1.29, 1.82) is 0 Å². The van der Waals surface area contributed by atoms with Crippen LogP contribution in [0.25, 0.3) is 0 Å². The molecule has 6 heteroatoms. The molecule has 0 spiro atoms. The van der Waals surface area contributed by atoms with E-state index in [1.807, 2.05) is 11.9 Å². The van der Waals surface area contributed by atoms with E-state index >= 15 is 0 Å². The minimum atomic E-state index is -4.35. The molecule has 0 aliphatic carbocycles. The van der Waals surface area contributed by atoms with Crippen LogP contribution in [0.5, 0.6) is 0 Å². The topological polar surface area (TPSA) is 32.3 Å². The second kappa shape index (κ2) is 7.34. The van der Waals surface area contributed by atoms with Crippen LogP contribution in [0, 0.1) is 0 Å². The lowest BCUT2D eigenvalue weighted by Crippen LogP contribution is -2.44. The number of piperidine rings is 1. The van der Waals surface area contributed by atoms with Gasteiger partial charge in [-0.1, -0.05) is 25.1 Å². The molecule has 1 unspecified atom stereocenters. The van der Waals surface area contributed by atoms with Crippen molar-refractivity contribution >= 4 is 5.91 Å². The van der Waals surface area contributed by atoms with Gasteiger partial charge in [0.05, 0.1) is 5.56 Å². The number of carbonyl (C=O) groups excluding carboxylic acids is 1. The maximum atomic E-state index is 12.8. The Balaban J connectivity index is 1.96. The fourth-order valence-electron chi connectivity index (χ4n) is 2.95. The molecule has 0 bridgehead atoms. The molecule has 1 aromatic rings. The van der Waals surface area contributed by atoms with Crippen LogP contribution in [0.4, 0.5) is 13.2 Å². The minimum absolute atomic E-state index is 0.0180. The predicted octanol–water partition coefficient (Wildman–Crippen LogP) is 3.41. The summed E-state index contributed by atoms with van der Waals surface area (Å²) in [6.45, 7) is 3.22. The van der Waals surface area contributed by atoms with Crippen LogP contribution in [-0.2, 0) is 11.0 Å². The third-order valence-corrected chi connectivity index (χ3v) is 4.52. The van der Waals surface area contributed by atoms with Gasteiger partial charge in [-0.15, -0.1) is 0 Å². The van der Waals surface area contributed by atoms with Gasteiger partial charge in [0.1, 0.15) is 0 Å². The van der Waals surface area contributed by atoms with Crippen LogP contribution >= 0.6 is 0 Å². The van der Waals surface area contributed by atoms with Crippen LogP contribution in [0.3, 0.4) is 0 Å². The zero-order valence-corrected chi connectivity index (χ0v) is 13.5. The molecule has 1 saturated heterocycles. The number of nitrogens with zero attached hydrogens (tertiary/aromatic N) is 1. The van der Waals surface area contributed by atoms with Gasteiger partial charge in [-0.2, -0.15) is 13.2 Å². The first kappa shape index (κ1) is 17.8. The maximum Gasteiger partial charge on any atom is 0.416 e. The highest BCUT2D eigenvalue weighted by Crippen LogP contribution is 2.32. The molecule has 128 valence electrons. The van der Waals surface area contributed by atoms with Crippen LogP contribution in [0.15, 0.2) is 24.3 Å². The monoisotopic (exact) mass is 328 g/mol. The van der Waals surface area contributed by atoms with Gasteiger partial charge < -0.3 is 10.2 Å². The number of carbonyl (C=O) groups is 1. The second-order valence-electron chi connectivity index (χ2n) is 6.17. The van der Waals surface area contributed by atoms with Crippen molar-refractivity contribution in [2.24, 2.45) is 0 Å². The van der Waals surface area contributed by atoms with Gasteiger partial charge in [0.15, 0.2) is 0 Å². The van der Waals surface area contributed by atoms with Gasteiger partial charge in [0.2, 0.25) is 5.91 Å². The first-order valence-corrected chi connectivity index (χ1v) is 7.93. The molecule has 1 atom stereocenters. The highest BCUT2D eigenvalue weighted by atomic mass is 19.4. The molecular weight excluding hydrogens is 305 g/mol. The van der Waals surface area contributed by atoms with E-state index in [9.17, 15) is 18.0 Å². The van der Waals surface area contributed by atoms with Crippen LogP contribution in [0.1, 0.15) is 43.2 Å². The van der Waals surface area contributed by atoms with E-state index in [1.165, 1.54) is 6.07 Å². The summed E-state index contributed by atoms with van der Waals surface area (Å²) in [4.78, 5) is 14.2. The van der Waals surface area contributed by atoms with E-state index in [2.05, 4.69) is 5.32 Å². The molecule has 0 radical (unpaired) electrons. The molecule has 23 heavy (non-hydrogen) atoms. The number of hydrogen-bond donors (Lipinski definition) is 1. The summed E-state index contributed by atoms with van der Waals surface area (Å²) in [5.41, 5.74) is -0.109. The Morgan fingerprint density at radius 3 is 2.57 bits per heavy atom. The smallest absolute Gasteiger partial charge is 0.343 e. The molecule has 1 heterocycles. The summed E-state index contributed by atoms with van der Waals surface area (Å²) < 4.78 is 38.3. The van der Waals surface area contributed by atoms with E-state index in [4.69, 9.17) is 0 Å². The van der Waals surface area contributed by atoms with Crippen molar-refractivity contribution in [3.63, 3.8) is 0 Å². The Bertz CT molecular complexity index is 537. The lowest BCUT2D eigenvalue weighted by Gasteiger charge is -2.32. The Morgan fingerprint density at radius 1 is 1.35 bits per heavy atom. The van der Waals surface area contributed by atoms with Gasteiger partial charge in [-0.3, -0.25) is 4.79 Å². The lowest BCUT2D eigenvalue weighted by atomic mass is 9.94. The Morgan fingerprint density at radius 2 is 2.00 bits per heavy atom. The van der Waals surface area contributed by atoms with Gasteiger partial charge in [-0.05, 0) is 37.4 Å². The van der Waals surface area contributed by atoms with Gasteiger partial charge in [-0.25, -0.2) is 0 Å². The molecule has 1 aromatic carbocycles. The molecular formula is C17H23F3N2O. The molecule has 1 N–H and O–H groups in total. The summed E-state index contributed by atoms with van der Waals surface area (Å²) in [5, 5.41) is 3.21. The summed E-state index contributed by atoms with van der Waals surface area (Å²) >= 11 is 0. The molecule has 3 nitrogen and oxygen atoms in total. The fraction of sp³-hybridized carbons (Fsp3) is 0.588. The number of alkyl halides is 3. The molecule has 0 aromatic heterocycles. The van der Waals surface area contributed by atoms with Crippen molar-refractivity contribution in [3.05, 3.63) is 35.4 Å². The second-order valence-corrected chi connectivity index (χ2v) is 6.17. The first-order valence-electron chi connectivity index (χ1n) is 7.93. The molecule has 1 amide bonds. The van der Waals surface area contributed by atoms with E-state index < -0.39 is 11.7 Å². The van der Waals surface area contributed by atoms with E-state index in [0.29, 0.717) is 24.7 Å². The quantitative estimate of drug-likeness (QED) is 0.919. The number of nitrogens with one attached hydrogen (secondary N) is 1. The van der Waals surface area contributed by atoms with Gasteiger partial charge >= 0.3 is 6.18 Å². The molecule has 0 saturated carbocycles. The van der Waals surface area contributed by atoms with Crippen LogP contribution in [-0.4, -0.2) is 37.0 Å². The summed E-state index contributed by atoms with van der Waals surface area (Å²) in [5.74, 6) is -0.212. The molecule has 1 aliphatic rings. The normalized spacial score (nSPS) is 18.0. The lowest BCUT2D eigenvalue weighted by molar-refractivity contribution is -0.137. The zero-order valence-electron chi connectivity index (χ0n) is 13.5. The van der Waals surface area contributed by atoms with Crippen LogP contribution < -0.4 is 5.32 Å². The number of benzene rings is 1. The Labute approximate surface area is 134 Å². The standard InChI is InChI=1S/C17H23F3N2O/c1-12(13-4-3-5-14(11-13)17(18,19)20)10-16(23)22-8-6-15(21-2)7-9-22/h3-5,11-12,15,21H,6-10H2,1-2H3. The van der Waals surface area contributed by atoms with E-state index in [0.717, 1.165) is 25.0 Å². The third-order valence-electron chi connectivity index (χ3n) is 4.52. The zero-order chi connectivity index (χ0) is 17.0. The molecule has 2 rings (SSSR count). The third kappa shape index (κ3) is 4.70. The largest absolute Gasteiger partial charge is 0.416 e. The van der Waals surface area contributed by atoms with E-state index in [-0.39, 0.29) is 18.2 Å². The first-order chi connectivity index (χ1) is 10.8. The molecule has 1 fully saturated rings. The average Bonchev–Trinajstić information content (AvgIpc) is 2.54. The number of likely N-dealkylation sites (tertiary alicyclic amines) is 1. The summed E-state index contributed by atoms with van der Waals surface area (Å²) in [6, 6.07) is 5.70. The Kier molecular flexibility index (Phi) is 5.68. The highest BCUT2D eigenvalue weighted by Gasteiger charge is 2.31. The minimum Gasteiger partial charge on any atom is -0.343 e. The fourth-order valence-corrected chi connectivity index (χ4v) is 2.95. The van der Waals surface area contributed by atoms with Crippen molar-refractivity contribution < 1.29 is 18.0 Å². The Hall–Kier alpha value is -1.56. The van der Waals surface area contributed by atoms with Gasteiger partial charge in [0, 0.05) is 25.6 Å². The summed E-state index contributed by atoms with van der Waals surface area (Å²) in [7, 11) is 1.91. The molecule has 1 aliphatic heterocycles. The van der Waals surface area contributed by atoms with Crippen molar-refractivity contribution in [2.45, 2.75) is 44.3 Å². The summed E-state index contributed by atoms with van der Waals surface area (Å²) in [6.07, 6.45) is -2.28. The van der Waals surface area contributed by atoms with Gasteiger partial charge in [0.25, 0.3) is 0 Å². The van der Waals surface area contributed by atoms with Crippen molar-refractivity contribution in [1.82, 2.24) is 10.2 Å². The SMILES string of the molecule is CNC1CCN(C(=O)CC(C)c2cccc(C(F)(F)F)c2)CC1. The van der Waals surface area contributed by atoms with Crippen molar-refractivity contribution in [3.8, 4) is 0 Å². The maximum absolute atomic E-state index is 12.8. The number of rotatable bonds is 4. The number of amides is 1. The number of hydrogen-bond acceptors (Lipinski definition) is 2. The van der Waals surface area contributed by atoms with E-state index in [1.54, 1.807) is 13.0 Å². The average molecular weight is 328 g/mol. The van der Waals surface area contributed by atoms with Crippen LogP contribution in [0.2, 0.25) is 0 Å². The predicted molar refractivity (Wildman–Crippen MR) is 83.1 cm³/mol.